The Morgan fingerprint density at radius 2 is 1.50 bits per heavy atom. The van der Waals surface area contributed by atoms with Crippen LogP contribution in [0.4, 0.5) is 17.1 Å². The SMILES string of the molecule is Cc1ccc([C@@H]2[C@H]3C(=O)N(c4ccc([N+](=O)[O-])cc4)C(=O)[C@H]3ON2c2ccccc2)cc1. The number of rotatable bonds is 4. The number of para-hydroxylation sites is 1. The van der Waals surface area contributed by atoms with Crippen LogP contribution in [0.15, 0.2) is 78.9 Å². The van der Waals surface area contributed by atoms with Gasteiger partial charge in [-0.25, -0.2) is 9.96 Å². The van der Waals surface area contributed by atoms with Gasteiger partial charge in [0.1, 0.15) is 5.92 Å². The number of nitrogens with zero attached hydrogens (tertiary/aromatic N) is 3. The molecular formula is C24H19N3O5. The molecule has 2 amide bonds. The molecule has 160 valence electrons. The van der Waals surface area contributed by atoms with Crippen LogP contribution in [-0.4, -0.2) is 22.8 Å². The first-order valence-electron chi connectivity index (χ1n) is 10.2. The van der Waals surface area contributed by atoms with Crippen molar-refractivity contribution in [2.24, 2.45) is 5.92 Å². The summed E-state index contributed by atoms with van der Waals surface area (Å²) in [6, 6.07) is 22.0. The van der Waals surface area contributed by atoms with Gasteiger partial charge >= 0.3 is 0 Å². The van der Waals surface area contributed by atoms with Crippen molar-refractivity contribution in [3.63, 3.8) is 0 Å². The van der Waals surface area contributed by atoms with Gasteiger partial charge in [-0.05, 0) is 36.8 Å². The van der Waals surface area contributed by atoms with Crippen LogP contribution < -0.4 is 9.96 Å². The van der Waals surface area contributed by atoms with Crippen LogP contribution >= 0.6 is 0 Å². The molecule has 0 aliphatic carbocycles. The molecule has 3 aromatic carbocycles. The topological polar surface area (TPSA) is 93.0 Å². The molecule has 8 heteroatoms. The van der Waals surface area contributed by atoms with Crippen LogP contribution in [0.5, 0.6) is 0 Å². The Morgan fingerprint density at radius 3 is 2.12 bits per heavy atom. The van der Waals surface area contributed by atoms with Crippen LogP contribution in [0.2, 0.25) is 0 Å². The van der Waals surface area contributed by atoms with E-state index in [1.54, 1.807) is 5.06 Å². The largest absolute Gasteiger partial charge is 0.273 e. The molecule has 2 saturated heterocycles. The molecular weight excluding hydrogens is 410 g/mol. The lowest BCUT2D eigenvalue weighted by Gasteiger charge is -2.28. The van der Waals surface area contributed by atoms with E-state index < -0.39 is 34.8 Å². The van der Waals surface area contributed by atoms with Crippen molar-refractivity contribution in [1.82, 2.24) is 0 Å². The van der Waals surface area contributed by atoms with E-state index in [0.29, 0.717) is 0 Å². The lowest BCUT2D eigenvalue weighted by Crippen LogP contribution is -2.37. The van der Waals surface area contributed by atoms with Crippen LogP contribution in [-0.2, 0) is 14.4 Å². The average molecular weight is 429 g/mol. The number of imide groups is 1. The van der Waals surface area contributed by atoms with Crippen molar-refractivity contribution in [3.8, 4) is 0 Å². The highest BCUT2D eigenvalue weighted by Crippen LogP contribution is 2.47. The van der Waals surface area contributed by atoms with E-state index in [0.717, 1.165) is 21.7 Å². The Hall–Kier alpha value is -4.04. The zero-order valence-electron chi connectivity index (χ0n) is 17.1. The first-order chi connectivity index (χ1) is 15.5. The van der Waals surface area contributed by atoms with E-state index in [9.17, 15) is 19.7 Å². The summed E-state index contributed by atoms with van der Waals surface area (Å²) in [5, 5.41) is 12.6. The number of hydrogen-bond donors (Lipinski definition) is 0. The van der Waals surface area contributed by atoms with Crippen molar-refractivity contribution in [2.75, 3.05) is 9.96 Å². The second kappa shape index (κ2) is 7.58. The van der Waals surface area contributed by atoms with Gasteiger partial charge in [0.2, 0.25) is 5.91 Å². The number of fused-ring (bicyclic) bond motifs is 1. The molecule has 2 aliphatic heterocycles. The van der Waals surface area contributed by atoms with Gasteiger partial charge in [0.15, 0.2) is 6.10 Å². The van der Waals surface area contributed by atoms with Gasteiger partial charge < -0.3 is 0 Å². The molecule has 3 aromatic rings. The number of anilines is 2. The van der Waals surface area contributed by atoms with E-state index in [1.165, 1.54) is 24.3 Å². The molecule has 0 saturated carbocycles. The summed E-state index contributed by atoms with van der Waals surface area (Å²) in [6.45, 7) is 1.98. The fourth-order valence-electron chi connectivity index (χ4n) is 4.29. The normalized spacial score (nSPS) is 22.3. The number of hydrogen-bond acceptors (Lipinski definition) is 6. The Morgan fingerprint density at radius 1 is 0.844 bits per heavy atom. The predicted molar refractivity (Wildman–Crippen MR) is 117 cm³/mol. The van der Waals surface area contributed by atoms with Crippen LogP contribution in [0, 0.1) is 23.0 Å². The molecule has 0 unspecified atom stereocenters. The number of amides is 2. The number of benzene rings is 3. The third-order valence-electron chi connectivity index (χ3n) is 5.86. The van der Waals surface area contributed by atoms with Crippen molar-refractivity contribution >= 4 is 28.9 Å². The smallest absolute Gasteiger partial charge is 0.269 e. The van der Waals surface area contributed by atoms with Gasteiger partial charge in [0, 0.05) is 12.1 Å². The van der Waals surface area contributed by atoms with Crippen LogP contribution in [0.1, 0.15) is 17.2 Å². The molecule has 0 radical (unpaired) electrons. The first kappa shape index (κ1) is 19.9. The Labute approximate surface area is 183 Å². The van der Waals surface area contributed by atoms with Gasteiger partial charge in [0.05, 0.1) is 22.3 Å². The molecule has 0 aromatic heterocycles. The number of nitro groups is 1. The standard InChI is InChI=1S/C24H19N3O5/c1-15-7-9-16(10-8-15)21-20-22(32-26(21)18-5-3-2-4-6-18)24(29)25(23(20)28)17-11-13-19(14-12-17)27(30)31/h2-14,20-22H,1H3/t20-,21-,22+/m1/s1. The minimum absolute atomic E-state index is 0.114. The maximum absolute atomic E-state index is 13.5. The van der Waals surface area contributed by atoms with E-state index >= 15 is 0 Å². The highest BCUT2D eigenvalue weighted by molar-refractivity contribution is 6.23. The third kappa shape index (κ3) is 3.12. The molecule has 5 rings (SSSR count). The van der Waals surface area contributed by atoms with Gasteiger partial charge in [-0.2, -0.15) is 0 Å². The van der Waals surface area contributed by atoms with Gasteiger partial charge in [-0.3, -0.25) is 24.5 Å². The predicted octanol–water partition coefficient (Wildman–Crippen LogP) is 3.95. The quantitative estimate of drug-likeness (QED) is 0.354. The zero-order valence-corrected chi connectivity index (χ0v) is 17.1. The summed E-state index contributed by atoms with van der Waals surface area (Å²) in [6.07, 6.45) is -0.982. The summed E-state index contributed by atoms with van der Waals surface area (Å²) in [7, 11) is 0. The monoisotopic (exact) mass is 429 g/mol. The molecule has 0 N–H and O–H groups in total. The van der Waals surface area contributed by atoms with E-state index in [-0.39, 0.29) is 11.4 Å². The summed E-state index contributed by atoms with van der Waals surface area (Å²) in [5.74, 6) is -1.62. The lowest BCUT2D eigenvalue weighted by atomic mass is 9.90. The molecule has 0 bridgehead atoms. The van der Waals surface area contributed by atoms with Crippen molar-refractivity contribution in [2.45, 2.75) is 19.1 Å². The number of carbonyl (C=O) groups is 2. The fourth-order valence-corrected chi connectivity index (χ4v) is 4.29. The summed E-state index contributed by atoms with van der Waals surface area (Å²) < 4.78 is 0. The minimum atomic E-state index is -0.982. The summed E-state index contributed by atoms with van der Waals surface area (Å²) in [5.41, 5.74) is 2.86. The molecule has 8 nitrogen and oxygen atoms in total. The molecule has 2 fully saturated rings. The number of aryl methyl sites for hydroxylation is 1. The lowest BCUT2D eigenvalue weighted by molar-refractivity contribution is -0.384. The van der Waals surface area contributed by atoms with E-state index in [4.69, 9.17) is 4.84 Å². The number of carbonyl (C=O) groups excluding carboxylic acids is 2. The summed E-state index contributed by atoms with van der Waals surface area (Å²) in [4.78, 5) is 44.3. The van der Waals surface area contributed by atoms with Gasteiger partial charge in [0.25, 0.3) is 11.6 Å². The van der Waals surface area contributed by atoms with Crippen LogP contribution in [0.25, 0.3) is 0 Å². The first-order valence-corrected chi connectivity index (χ1v) is 10.2. The van der Waals surface area contributed by atoms with Gasteiger partial charge in [-0.15, -0.1) is 0 Å². The van der Waals surface area contributed by atoms with E-state index in [1.807, 2.05) is 61.5 Å². The molecule has 3 atom stereocenters. The van der Waals surface area contributed by atoms with E-state index in [2.05, 4.69) is 0 Å². The Bertz CT molecular complexity index is 1190. The van der Waals surface area contributed by atoms with Crippen LogP contribution in [0.3, 0.4) is 0 Å². The maximum atomic E-state index is 13.5. The highest BCUT2D eigenvalue weighted by Gasteiger charge is 2.60. The second-order valence-electron chi connectivity index (χ2n) is 7.85. The highest BCUT2D eigenvalue weighted by atomic mass is 16.7. The number of non-ortho nitro benzene ring substituents is 1. The number of nitro benzene ring substituents is 1. The summed E-state index contributed by atoms with van der Waals surface area (Å²) >= 11 is 0. The average Bonchev–Trinajstić information content (AvgIpc) is 3.31. The molecule has 32 heavy (non-hydrogen) atoms. The van der Waals surface area contributed by atoms with Crippen molar-refractivity contribution in [3.05, 3.63) is 100 Å². The minimum Gasteiger partial charge on any atom is -0.273 e. The molecule has 0 spiro atoms. The second-order valence-corrected chi connectivity index (χ2v) is 7.85. The number of hydroxylamine groups is 1. The maximum Gasteiger partial charge on any atom is 0.269 e. The fraction of sp³-hybridized carbons (Fsp3) is 0.167. The third-order valence-corrected chi connectivity index (χ3v) is 5.86. The Kier molecular flexibility index (Phi) is 4.71. The zero-order chi connectivity index (χ0) is 22.4. The van der Waals surface area contributed by atoms with Crippen molar-refractivity contribution in [1.29, 1.82) is 0 Å². The van der Waals surface area contributed by atoms with Gasteiger partial charge in [-0.1, -0.05) is 48.0 Å². The molecule has 2 heterocycles. The Balaban J connectivity index is 1.55. The van der Waals surface area contributed by atoms with Crippen molar-refractivity contribution < 1.29 is 19.3 Å². The molecule has 2 aliphatic rings.